The first kappa shape index (κ1) is 14.4. The van der Waals surface area contributed by atoms with Gasteiger partial charge in [0.1, 0.15) is 0 Å². The van der Waals surface area contributed by atoms with E-state index in [1.165, 1.54) is 5.56 Å². The minimum absolute atomic E-state index is 0.0432. The largest absolute Gasteiger partial charge is 0.490 e. The van der Waals surface area contributed by atoms with Crippen LogP contribution in [0.2, 0.25) is 0 Å². The minimum atomic E-state index is -0.0432. The SMILES string of the molecule is Cc1ccc(CC(=O)Nc2ccc3c(c2)OCCCO3)cc1. The van der Waals surface area contributed by atoms with Crippen LogP contribution in [0.15, 0.2) is 42.5 Å². The summed E-state index contributed by atoms with van der Waals surface area (Å²) >= 11 is 0. The van der Waals surface area contributed by atoms with Crippen LogP contribution in [-0.4, -0.2) is 19.1 Å². The molecule has 0 saturated carbocycles. The van der Waals surface area contributed by atoms with Crippen LogP contribution in [-0.2, 0) is 11.2 Å². The molecule has 0 aliphatic carbocycles. The van der Waals surface area contributed by atoms with Crippen LogP contribution in [0.3, 0.4) is 0 Å². The number of aryl methyl sites for hydroxylation is 1. The zero-order valence-corrected chi connectivity index (χ0v) is 12.6. The van der Waals surface area contributed by atoms with Crippen molar-refractivity contribution >= 4 is 11.6 Å². The van der Waals surface area contributed by atoms with Crippen molar-refractivity contribution in [3.8, 4) is 11.5 Å². The van der Waals surface area contributed by atoms with Crippen molar-refractivity contribution in [3.63, 3.8) is 0 Å². The van der Waals surface area contributed by atoms with Gasteiger partial charge in [-0.25, -0.2) is 0 Å². The maximum absolute atomic E-state index is 12.1. The van der Waals surface area contributed by atoms with Gasteiger partial charge in [-0.3, -0.25) is 4.79 Å². The number of hydrogen-bond donors (Lipinski definition) is 1. The Kier molecular flexibility index (Phi) is 4.28. The smallest absolute Gasteiger partial charge is 0.228 e. The second-order valence-corrected chi connectivity index (χ2v) is 5.42. The van der Waals surface area contributed by atoms with Crippen molar-refractivity contribution in [2.24, 2.45) is 0 Å². The van der Waals surface area contributed by atoms with Crippen molar-refractivity contribution < 1.29 is 14.3 Å². The molecule has 1 aliphatic heterocycles. The number of benzene rings is 2. The summed E-state index contributed by atoms with van der Waals surface area (Å²) in [6.45, 7) is 3.32. The van der Waals surface area contributed by atoms with Crippen LogP contribution in [0.25, 0.3) is 0 Å². The molecule has 4 nitrogen and oxygen atoms in total. The average molecular weight is 297 g/mol. The maximum Gasteiger partial charge on any atom is 0.228 e. The Morgan fingerprint density at radius 3 is 2.55 bits per heavy atom. The van der Waals surface area contributed by atoms with Gasteiger partial charge in [-0.1, -0.05) is 29.8 Å². The summed E-state index contributed by atoms with van der Waals surface area (Å²) in [5.41, 5.74) is 2.91. The van der Waals surface area contributed by atoms with Crippen molar-refractivity contribution in [3.05, 3.63) is 53.6 Å². The molecule has 114 valence electrons. The van der Waals surface area contributed by atoms with Crippen LogP contribution >= 0.6 is 0 Å². The Balaban J connectivity index is 1.66. The molecule has 0 fully saturated rings. The van der Waals surface area contributed by atoms with E-state index in [1.807, 2.05) is 49.4 Å². The quantitative estimate of drug-likeness (QED) is 0.945. The molecule has 0 bridgehead atoms. The molecule has 2 aromatic carbocycles. The van der Waals surface area contributed by atoms with Gasteiger partial charge >= 0.3 is 0 Å². The van der Waals surface area contributed by atoms with Gasteiger partial charge in [0.15, 0.2) is 11.5 Å². The molecule has 3 rings (SSSR count). The summed E-state index contributed by atoms with van der Waals surface area (Å²) in [6, 6.07) is 13.5. The standard InChI is InChI=1S/C18H19NO3/c1-13-3-5-14(6-4-13)11-18(20)19-15-7-8-16-17(12-15)22-10-2-9-21-16/h3-8,12H,2,9-11H2,1H3,(H,19,20). The maximum atomic E-state index is 12.1. The van der Waals surface area contributed by atoms with Crippen molar-refractivity contribution in [2.75, 3.05) is 18.5 Å². The minimum Gasteiger partial charge on any atom is -0.490 e. The molecule has 4 heteroatoms. The molecule has 0 atom stereocenters. The number of ether oxygens (including phenoxy) is 2. The fraction of sp³-hybridized carbons (Fsp3) is 0.278. The number of rotatable bonds is 3. The Hall–Kier alpha value is -2.49. The summed E-state index contributed by atoms with van der Waals surface area (Å²) < 4.78 is 11.2. The third-order valence-electron chi connectivity index (χ3n) is 3.52. The van der Waals surface area contributed by atoms with Crippen molar-refractivity contribution in [1.82, 2.24) is 0 Å². The Morgan fingerprint density at radius 2 is 1.77 bits per heavy atom. The van der Waals surface area contributed by atoms with E-state index < -0.39 is 0 Å². The van der Waals surface area contributed by atoms with E-state index in [0.29, 0.717) is 25.4 Å². The molecule has 1 aliphatic rings. The number of anilines is 1. The highest BCUT2D eigenvalue weighted by Crippen LogP contribution is 2.32. The fourth-order valence-electron chi connectivity index (χ4n) is 2.34. The first-order valence-corrected chi connectivity index (χ1v) is 7.46. The zero-order chi connectivity index (χ0) is 15.4. The number of carbonyl (C=O) groups is 1. The number of nitrogens with one attached hydrogen (secondary N) is 1. The molecule has 0 unspecified atom stereocenters. The topological polar surface area (TPSA) is 47.6 Å². The van der Waals surface area contributed by atoms with Crippen LogP contribution < -0.4 is 14.8 Å². The molecule has 0 radical (unpaired) electrons. The summed E-state index contributed by atoms with van der Waals surface area (Å²) in [6.07, 6.45) is 1.22. The van der Waals surface area contributed by atoms with Crippen molar-refractivity contribution in [1.29, 1.82) is 0 Å². The van der Waals surface area contributed by atoms with Gasteiger partial charge in [0.2, 0.25) is 5.91 Å². The number of amides is 1. The first-order valence-electron chi connectivity index (χ1n) is 7.46. The molecule has 1 heterocycles. The van der Waals surface area contributed by atoms with Gasteiger partial charge in [-0.05, 0) is 24.6 Å². The number of hydrogen-bond acceptors (Lipinski definition) is 3. The van der Waals surface area contributed by atoms with Gasteiger partial charge in [-0.15, -0.1) is 0 Å². The third kappa shape index (κ3) is 3.58. The highest BCUT2D eigenvalue weighted by Gasteiger charge is 2.12. The second-order valence-electron chi connectivity index (χ2n) is 5.42. The van der Waals surface area contributed by atoms with E-state index in [-0.39, 0.29) is 5.91 Å². The molecule has 1 amide bonds. The lowest BCUT2D eigenvalue weighted by atomic mass is 10.1. The predicted octanol–water partition coefficient (Wildman–Crippen LogP) is 3.34. The number of fused-ring (bicyclic) bond motifs is 1. The molecule has 0 aromatic heterocycles. The predicted molar refractivity (Wildman–Crippen MR) is 85.6 cm³/mol. The molecule has 2 aromatic rings. The van der Waals surface area contributed by atoms with Crippen LogP contribution in [0.4, 0.5) is 5.69 Å². The van der Waals surface area contributed by atoms with Gasteiger partial charge in [0.05, 0.1) is 19.6 Å². The highest BCUT2D eigenvalue weighted by atomic mass is 16.5. The molecule has 1 N–H and O–H groups in total. The second kappa shape index (κ2) is 6.52. The molecular weight excluding hydrogens is 278 g/mol. The van der Waals surface area contributed by atoms with E-state index in [2.05, 4.69) is 5.32 Å². The third-order valence-corrected chi connectivity index (χ3v) is 3.52. The van der Waals surface area contributed by atoms with Gasteiger partial charge in [-0.2, -0.15) is 0 Å². The lowest BCUT2D eigenvalue weighted by molar-refractivity contribution is -0.115. The van der Waals surface area contributed by atoms with E-state index in [9.17, 15) is 4.79 Å². The number of carbonyl (C=O) groups excluding carboxylic acids is 1. The molecule has 22 heavy (non-hydrogen) atoms. The average Bonchev–Trinajstić information content (AvgIpc) is 2.74. The van der Waals surface area contributed by atoms with Crippen LogP contribution in [0.1, 0.15) is 17.5 Å². The van der Waals surface area contributed by atoms with Gasteiger partial charge in [0.25, 0.3) is 0 Å². The van der Waals surface area contributed by atoms with Gasteiger partial charge in [0, 0.05) is 18.2 Å². The highest BCUT2D eigenvalue weighted by molar-refractivity contribution is 5.92. The Morgan fingerprint density at radius 1 is 1.05 bits per heavy atom. The summed E-state index contributed by atoms with van der Waals surface area (Å²) in [4.78, 5) is 12.1. The van der Waals surface area contributed by atoms with Crippen LogP contribution in [0, 0.1) is 6.92 Å². The summed E-state index contributed by atoms with van der Waals surface area (Å²) in [5.74, 6) is 1.37. The molecule has 0 spiro atoms. The van der Waals surface area contributed by atoms with Gasteiger partial charge < -0.3 is 14.8 Å². The van der Waals surface area contributed by atoms with E-state index in [4.69, 9.17) is 9.47 Å². The van der Waals surface area contributed by atoms with E-state index in [1.54, 1.807) is 0 Å². The Bertz CT molecular complexity index is 665. The first-order chi connectivity index (χ1) is 10.7. The van der Waals surface area contributed by atoms with Crippen LogP contribution in [0.5, 0.6) is 11.5 Å². The van der Waals surface area contributed by atoms with E-state index >= 15 is 0 Å². The zero-order valence-electron chi connectivity index (χ0n) is 12.6. The lowest BCUT2D eigenvalue weighted by Gasteiger charge is -2.10. The monoisotopic (exact) mass is 297 g/mol. The van der Waals surface area contributed by atoms with Crippen molar-refractivity contribution in [2.45, 2.75) is 19.8 Å². The molecular formula is C18H19NO3. The normalized spacial score (nSPS) is 13.3. The lowest BCUT2D eigenvalue weighted by Crippen LogP contribution is -2.14. The molecule has 0 saturated heterocycles. The Labute approximate surface area is 130 Å². The summed E-state index contributed by atoms with van der Waals surface area (Å²) in [7, 11) is 0. The fourth-order valence-corrected chi connectivity index (χ4v) is 2.34. The summed E-state index contributed by atoms with van der Waals surface area (Å²) in [5, 5.41) is 2.90. The van der Waals surface area contributed by atoms with E-state index in [0.717, 1.165) is 23.4 Å².